The van der Waals surface area contributed by atoms with Crippen molar-refractivity contribution in [3.05, 3.63) is 334 Å². The van der Waals surface area contributed by atoms with Crippen LogP contribution in [0.15, 0.2) is 334 Å². The lowest BCUT2D eigenvalue weighted by Gasteiger charge is -2.32. The third-order valence-corrected chi connectivity index (χ3v) is 24.3. The smallest absolute Gasteiger partial charge is 0.180 e. The van der Waals surface area contributed by atoms with Crippen molar-refractivity contribution in [2.75, 3.05) is 0 Å². The first-order chi connectivity index (χ1) is 43.1. The van der Waals surface area contributed by atoms with E-state index in [4.69, 9.17) is 0 Å². The molecule has 0 atom stereocenters. The van der Waals surface area contributed by atoms with E-state index in [0.717, 1.165) is 5.69 Å². The summed E-state index contributed by atoms with van der Waals surface area (Å²) in [6.45, 7) is 0. The maximum atomic E-state index is 2.57. The lowest BCUT2D eigenvalue weighted by atomic mass is 9.96. The first kappa shape index (κ1) is 50.8. The van der Waals surface area contributed by atoms with Crippen LogP contribution in [0.3, 0.4) is 0 Å². The average molecular weight is 1140 g/mol. The van der Waals surface area contributed by atoms with E-state index in [0.29, 0.717) is 0 Å². The lowest BCUT2D eigenvalue weighted by Crippen LogP contribution is -2.72. The average Bonchev–Trinajstić information content (AvgIpc) is 1.57. The molecule has 14 aromatic carbocycles. The maximum Gasteiger partial charge on any atom is 0.180 e. The molecule has 17 rings (SSSR count). The van der Waals surface area contributed by atoms with Gasteiger partial charge in [-0.15, -0.1) is 11.3 Å². The maximum absolute atomic E-state index is 2.97. The monoisotopic (exact) mass is 1140 g/mol. The minimum absolute atomic E-state index is 1.16. The van der Waals surface area contributed by atoms with Crippen molar-refractivity contribution in [2.45, 2.75) is 0 Å². The molecule has 87 heavy (non-hydrogen) atoms. The van der Waals surface area contributed by atoms with Crippen molar-refractivity contribution in [1.82, 2.24) is 4.57 Å². The van der Waals surface area contributed by atoms with Crippen LogP contribution in [0.5, 0.6) is 0 Å². The summed E-state index contributed by atoms with van der Waals surface area (Å²) in [7, 11) is -2.97. The topological polar surface area (TPSA) is 4.93 Å². The molecule has 406 valence electrons. The van der Waals surface area contributed by atoms with E-state index < -0.39 is 8.07 Å². The zero-order valence-electron chi connectivity index (χ0n) is 47.6. The number of hydrogen-bond donors (Lipinski definition) is 0. The van der Waals surface area contributed by atoms with Crippen molar-refractivity contribution in [3.8, 4) is 94.7 Å². The largest absolute Gasteiger partial charge is 0.309 e. The number of rotatable bonds is 10. The second-order valence-electron chi connectivity index (χ2n) is 23.1. The van der Waals surface area contributed by atoms with E-state index in [1.54, 1.807) is 0 Å². The highest BCUT2D eigenvalue weighted by molar-refractivity contribution is 7.25. The highest BCUT2D eigenvalue weighted by Gasteiger charge is 2.49. The van der Waals surface area contributed by atoms with Gasteiger partial charge in [-0.05, 0) is 164 Å². The van der Waals surface area contributed by atoms with Crippen LogP contribution in [-0.2, 0) is 0 Å². The summed E-state index contributed by atoms with van der Waals surface area (Å²) in [6.07, 6.45) is 0. The Kier molecular flexibility index (Phi) is 12.2. The molecular formula is C84H55NSSi. The van der Waals surface area contributed by atoms with Crippen molar-refractivity contribution in [2.24, 2.45) is 0 Å². The minimum Gasteiger partial charge on any atom is -0.309 e. The predicted molar refractivity (Wildman–Crippen MR) is 374 cm³/mol. The summed E-state index contributed by atoms with van der Waals surface area (Å²) < 4.78 is 5.18. The second kappa shape index (κ2) is 20.8. The molecule has 0 unspecified atom stereocenters. The van der Waals surface area contributed by atoms with Gasteiger partial charge in [0.2, 0.25) is 0 Å². The van der Waals surface area contributed by atoms with Crippen LogP contribution >= 0.6 is 11.3 Å². The van der Waals surface area contributed by atoms with Gasteiger partial charge in [-0.1, -0.05) is 279 Å². The van der Waals surface area contributed by atoms with E-state index in [9.17, 15) is 0 Å². The van der Waals surface area contributed by atoms with Gasteiger partial charge >= 0.3 is 0 Å². The van der Waals surface area contributed by atoms with Gasteiger partial charge in [0.15, 0.2) is 8.07 Å². The molecule has 0 radical (unpaired) electrons. The zero-order chi connectivity index (χ0) is 57.4. The molecule has 0 amide bonds. The Balaban J connectivity index is 0.809. The van der Waals surface area contributed by atoms with Gasteiger partial charge in [0.05, 0.1) is 11.0 Å². The quantitative estimate of drug-likeness (QED) is 0.120. The minimum atomic E-state index is -2.97. The standard InChI is InChI=1S/C84H55NSSi/c1-5-15-56(16-6-1)58-25-29-60(30-26-58)62-33-37-64(38-34-62)66-42-48-79-76(51-66)77-52-67(65-39-35-63(36-40-65)61-31-27-59(28-32-61)57-17-7-2-8-18-57)43-49-80(77)85(79)70-45-47-75-74-46-41-69(68-44-50-82-78(53-68)73-23-13-14-24-81(73)86-82)54-83(74)87(84(75)55-70,71-19-9-3-10-20-71)72-21-11-4-12-22-72/h1-55H. The Morgan fingerprint density at radius 3 is 1.02 bits per heavy atom. The van der Waals surface area contributed by atoms with Gasteiger partial charge in [-0.3, -0.25) is 0 Å². The summed E-state index contributed by atoms with van der Waals surface area (Å²) >= 11 is 1.88. The van der Waals surface area contributed by atoms with Gasteiger partial charge in [0.25, 0.3) is 0 Å². The number of aromatic nitrogens is 1. The molecule has 0 aliphatic carbocycles. The molecule has 3 heteroatoms. The third kappa shape index (κ3) is 8.57. The molecule has 3 heterocycles. The van der Waals surface area contributed by atoms with E-state index >= 15 is 0 Å². The Morgan fingerprint density at radius 1 is 0.218 bits per heavy atom. The first-order valence-electron chi connectivity index (χ1n) is 30.0. The number of benzene rings is 14. The highest BCUT2D eigenvalue weighted by atomic mass is 32.1. The molecule has 2 aromatic heterocycles. The molecule has 0 spiro atoms. The summed E-state index contributed by atoms with van der Waals surface area (Å²) in [4.78, 5) is 0. The third-order valence-electron chi connectivity index (χ3n) is 18.4. The second-order valence-corrected chi connectivity index (χ2v) is 27.9. The van der Waals surface area contributed by atoms with Crippen LogP contribution in [-0.4, -0.2) is 12.6 Å². The van der Waals surface area contributed by atoms with E-state index in [-0.39, 0.29) is 0 Å². The van der Waals surface area contributed by atoms with Gasteiger partial charge in [0.1, 0.15) is 0 Å². The van der Waals surface area contributed by atoms with Crippen molar-refractivity contribution >= 4 is 82.1 Å². The van der Waals surface area contributed by atoms with Crippen molar-refractivity contribution in [3.63, 3.8) is 0 Å². The molecule has 16 aromatic rings. The summed E-state index contributed by atoms with van der Waals surface area (Å²) in [5.74, 6) is 0. The number of thiophene rings is 1. The fourth-order valence-corrected chi connectivity index (χ4v) is 20.4. The van der Waals surface area contributed by atoms with Crippen LogP contribution in [0.4, 0.5) is 0 Å². The molecule has 1 aliphatic heterocycles. The van der Waals surface area contributed by atoms with Gasteiger partial charge in [-0.25, -0.2) is 0 Å². The van der Waals surface area contributed by atoms with Crippen LogP contribution in [0, 0.1) is 0 Å². The van der Waals surface area contributed by atoms with E-state index in [2.05, 4.69) is 338 Å². The van der Waals surface area contributed by atoms with Crippen molar-refractivity contribution in [1.29, 1.82) is 0 Å². The van der Waals surface area contributed by atoms with Crippen LogP contribution in [0.2, 0.25) is 0 Å². The Morgan fingerprint density at radius 2 is 0.540 bits per heavy atom. The number of nitrogens with zero attached hydrogens (tertiary/aromatic N) is 1. The summed E-state index contributed by atoms with van der Waals surface area (Å²) in [5, 5.41) is 10.7. The fourth-order valence-electron chi connectivity index (χ4n) is 14.0. The summed E-state index contributed by atoms with van der Waals surface area (Å²) in [5.41, 5.74) is 23.1. The van der Waals surface area contributed by atoms with Gasteiger partial charge < -0.3 is 4.57 Å². The molecule has 0 bridgehead atoms. The fraction of sp³-hybridized carbons (Fsp3) is 0. The zero-order valence-corrected chi connectivity index (χ0v) is 49.4. The van der Waals surface area contributed by atoms with E-state index in [1.807, 2.05) is 11.3 Å². The van der Waals surface area contributed by atoms with Crippen LogP contribution in [0.25, 0.3) is 137 Å². The SMILES string of the molecule is c1ccc(-c2ccc(-c3ccc(-c4ccc5c(c4)c4cc(-c6ccc(-c7ccc(-c8ccccc8)cc7)cc6)ccc4n5-c4ccc5c(c4)[Si](c4ccccc4)(c4ccccc4)c4cc(-c6ccc7sc8ccccc8c7c6)ccc4-5)cc3)cc2)cc1. The molecule has 1 nitrogen and oxygen atoms in total. The molecule has 0 fully saturated rings. The van der Waals surface area contributed by atoms with Crippen LogP contribution < -0.4 is 20.7 Å². The van der Waals surface area contributed by atoms with Gasteiger partial charge in [-0.2, -0.15) is 0 Å². The van der Waals surface area contributed by atoms with Crippen molar-refractivity contribution < 1.29 is 0 Å². The van der Waals surface area contributed by atoms with E-state index in [1.165, 1.54) is 152 Å². The Labute approximate surface area is 511 Å². The number of fused-ring (bicyclic) bond motifs is 9. The van der Waals surface area contributed by atoms with Gasteiger partial charge in [0, 0.05) is 36.6 Å². The molecular weight excluding hydrogens is 1080 g/mol. The molecule has 0 saturated carbocycles. The molecule has 1 aliphatic rings. The number of hydrogen-bond acceptors (Lipinski definition) is 1. The van der Waals surface area contributed by atoms with Crippen LogP contribution in [0.1, 0.15) is 0 Å². The molecule has 0 saturated heterocycles. The highest BCUT2D eigenvalue weighted by Crippen LogP contribution is 2.42. The first-order valence-corrected chi connectivity index (χ1v) is 32.8. The molecule has 0 N–H and O–H groups in total. The normalized spacial score (nSPS) is 12.5. The lowest BCUT2D eigenvalue weighted by molar-refractivity contribution is 1.18. The Bertz CT molecular complexity index is 5040. The predicted octanol–water partition coefficient (Wildman–Crippen LogP) is 20.2. The Hall–Kier alpha value is -10.7. The summed E-state index contributed by atoms with van der Waals surface area (Å²) in [6, 6.07) is 125.